The van der Waals surface area contributed by atoms with E-state index in [1.165, 1.54) is 0 Å². The van der Waals surface area contributed by atoms with Crippen LogP contribution in [0.1, 0.15) is 77.3 Å². The number of benzene rings is 1. The highest BCUT2D eigenvalue weighted by Crippen LogP contribution is 2.29. The van der Waals surface area contributed by atoms with Gasteiger partial charge in [0.15, 0.2) is 0 Å². The number of carboxylic acids is 2. The van der Waals surface area contributed by atoms with Crippen molar-refractivity contribution < 1.29 is 24.9 Å². The summed E-state index contributed by atoms with van der Waals surface area (Å²) in [6, 6.07) is 5.54. The zero-order chi connectivity index (χ0) is 20.7. The number of phenols is 1. The van der Waals surface area contributed by atoms with Crippen LogP contribution in [0.4, 0.5) is 0 Å². The number of hydrogen-bond acceptors (Lipinski definition) is 3. The van der Waals surface area contributed by atoms with Crippen LogP contribution < -0.4 is 0 Å². The molecule has 5 heteroatoms. The third-order valence-electron chi connectivity index (χ3n) is 5.38. The summed E-state index contributed by atoms with van der Waals surface area (Å²) in [6.45, 7) is 6.96. The molecule has 27 heavy (non-hydrogen) atoms. The van der Waals surface area contributed by atoms with E-state index in [0.29, 0.717) is 12.8 Å². The summed E-state index contributed by atoms with van der Waals surface area (Å²) < 4.78 is 0. The van der Waals surface area contributed by atoms with Crippen LogP contribution in [0.15, 0.2) is 18.2 Å². The Morgan fingerprint density at radius 2 is 1.30 bits per heavy atom. The number of aryl methyl sites for hydroxylation is 1. The van der Waals surface area contributed by atoms with Crippen LogP contribution in [0.2, 0.25) is 0 Å². The van der Waals surface area contributed by atoms with E-state index in [1.807, 2.05) is 12.1 Å². The molecule has 1 aromatic carbocycles. The minimum atomic E-state index is -0.782. The van der Waals surface area contributed by atoms with E-state index in [1.54, 1.807) is 33.8 Å². The van der Waals surface area contributed by atoms with Gasteiger partial charge < -0.3 is 15.3 Å². The lowest BCUT2D eigenvalue weighted by Crippen LogP contribution is -2.23. The van der Waals surface area contributed by atoms with E-state index in [9.17, 15) is 24.9 Å². The number of aliphatic carboxylic acids is 2. The molecule has 0 saturated carbocycles. The Labute approximate surface area is 162 Å². The van der Waals surface area contributed by atoms with Gasteiger partial charge in [0.2, 0.25) is 0 Å². The van der Waals surface area contributed by atoms with Crippen molar-refractivity contribution >= 4 is 11.9 Å². The molecule has 0 aliphatic heterocycles. The van der Waals surface area contributed by atoms with E-state index in [4.69, 9.17) is 0 Å². The van der Waals surface area contributed by atoms with Gasteiger partial charge in [-0.25, -0.2) is 0 Å². The SMILES string of the molecule is CC(C)(CCCCc1cccc(O)c1CCCCC(C)(C)C(=O)O)C(=O)O. The smallest absolute Gasteiger partial charge is 0.309 e. The Kier molecular flexibility index (Phi) is 8.32. The summed E-state index contributed by atoms with van der Waals surface area (Å²) in [6.07, 6.45) is 6.07. The van der Waals surface area contributed by atoms with Gasteiger partial charge >= 0.3 is 11.9 Å². The zero-order valence-electron chi connectivity index (χ0n) is 17.0. The molecule has 0 unspecified atom stereocenters. The first-order valence-electron chi connectivity index (χ1n) is 9.74. The fourth-order valence-electron chi connectivity index (χ4n) is 3.11. The van der Waals surface area contributed by atoms with Gasteiger partial charge in [-0.2, -0.15) is 0 Å². The van der Waals surface area contributed by atoms with Crippen molar-refractivity contribution in [2.75, 3.05) is 0 Å². The maximum absolute atomic E-state index is 11.2. The molecule has 0 amide bonds. The van der Waals surface area contributed by atoms with Gasteiger partial charge in [-0.1, -0.05) is 25.0 Å². The molecule has 0 bridgehead atoms. The van der Waals surface area contributed by atoms with Crippen molar-refractivity contribution in [2.45, 2.75) is 79.1 Å². The highest BCUT2D eigenvalue weighted by molar-refractivity contribution is 5.73. The number of aromatic hydroxyl groups is 1. The van der Waals surface area contributed by atoms with Gasteiger partial charge in [0.25, 0.3) is 0 Å². The molecule has 1 aromatic rings. The fraction of sp³-hybridized carbons (Fsp3) is 0.636. The standard InChI is InChI=1S/C22H34O5/c1-21(2,19(24)25)14-7-5-10-16-11-9-13-18(23)17(16)12-6-8-15-22(3,4)20(26)27/h9,11,13,23H,5-8,10,12,14-15H2,1-4H3,(H,24,25)(H,26,27). The Hall–Kier alpha value is -2.04. The van der Waals surface area contributed by atoms with Crippen LogP contribution in [0.5, 0.6) is 5.75 Å². The van der Waals surface area contributed by atoms with Crippen LogP contribution >= 0.6 is 0 Å². The Morgan fingerprint density at radius 1 is 0.815 bits per heavy atom. The molecule has 0 radical (unpaired) electrons. The average molecular weight is 379 g/mol. The van der Waals surface area contributed by atoms with Gasteiger partial charge in [0.1, 0.15) is 5.75 Å². The molecule has 0 aromatic heterocycles. The van der Waals surface area contributed by atoms with Gasteiger partial charge in [-0.3, -0.25) is 9.59 Å². The quantitative estimate of drug-likeness (QED) is 0.443. The largest absolute Gasteiger partial charge is 0.508 e. The number of hydrogen-bond donors (Lipinski definition) is 3. The van der Waals surface area contributed by atoms with E-state index in [2.05, 4.69) is 0 Å². The van der Waals surface area contributed by atoms with Crippen LogP contribution in [-0.4, -0.2) is 27.3 Å². The second-order valence-corrected chi connectivity index (χ2v) is 8.71. The summed E-state index contributed by atoms with van der Waals surface area (Å²) in [4.78, 5) is 22.3. The fourth-order valence-corrected chi connectivity index (χ4v) is 3.11. The third kappa shape index (κ3) is 7.24. The summed E-state index contributed by atoms with van der Waals surface area (Å²) in [5, 5.41) is 28.6. The van der Waals surface area contributed by atoms with Crippen LogP contribution in [0.25, 0.3) is 0 Å². The second-order valence-electron chi connectivity index (χ2n) is 8.71. The monoisotopic (exact) mass is 378 g/mol. The number of carbonyl (C=O) groups is 2. The number of carboxylic acid groups (broad SMARTS) is 2. The van der Waals surface area contributed by atoms with E-state index in [0.717, 1.165) is 49.7 Å². The normalized spacial score (nSPS) is 12.1. The topological polar surface area (TPSA) is 94.8 Å². The molecular weight excluding hydrogens is 344 g/mol. The Morgan fingerprint density at radius 3 is 1.78 bits per heavy atom. The van der Waals surface area contributed by atoms with Gasteiger partial charge in [0, 0.05) is 0 Å². The molecule has 3 N–H and O–H groups in total. The first-order chi connectivity index (χ1) is 12.5. The van der Waals surface area contributed by atoms with Crippen molar-refractivity contribution in [1.82, 2.24) is 0 Å². The average Bonchev–Trinajstić information content (AvgIpc) is 2.56. The number of rotatable bonds is 12. The van der Waals surface area contributed by atoms with Crippen molar-refractivity contribution in [2.24, 2.45) is 10.8 Å². The molecule has 152 valence electrons. The maximum atomic E-state index is 11.2. The Balaban J connectivity index is 2.57. The summed E-state index contributed by atoms with van der Waals surface area (Å²) in [7, 11) is 0. The lowest BCUT2D eigenvalue weighted by Gasteiger charge is -2.19. The van der Waals surface area contributed by atoms with Crippen molar-refractivity contribution in [3.63, 3.8) is 0 Å². The van der Waals surface area contributed by atoms with Gasteiger partial charge in [-0.15, -0.1) is 0 Å². The molecule has 0 fully saturated rings. The maximum Gasteiger partial charge on any atom is 0.309 e. The summed E-state index contributed by atoms with van der Waals surface area (Å²) in [5.41, 5.74) is 0.598. The van der Waals surface area contributed by atoms with E-state index in [-0.39, 0.29) is 5.75 Å². The molecule has 0 heterocycles. The van der Waals surface area contributed by atoms with Gasteiger partial charge in [0.05, 0.1) is 10.8 Å². The first kappa shape index (κ1) is 23.0. The van der Waals surface area contributed by atoms with Crippen molar-refractivity contribution in [3.05, 3.63) is 29.3 Å². The molecule has 1 rings (SSSR count). The highest BCUT2D eigenvalue weighted by atomic mass is 16.4. The minimum absolute atomic E-state index is 0.288. The predicted molar refractivity (Wildman–Crippen MR) is 106 cm³/mol. The summed E-state index contributed by atoms with van der Waals surface area (Å²) in [5.74, 6) is -1.27. The minimum Gasteiger partial charge on any atom is -0.508 e. The van der Waals surface area contributed by atoms with Crippen molar-refractivity contribution in [1.29, 1.82) is 0 Å². The molecule has 0 aliphatic carbocycles. The van der Waals surface area contributed by atoms with Crippen molar-refractivity contribution in [3.8, 4) is 5.75 Å². The molecule has 0 aliphatic rings. The van der Waals surface area contributed by atoms with E-state index < -0.39 is 22.8 Å². The first-order valence-corrected chi connectivity index (χ1v) is 9.74. The number of unbranched alkanes of at least 4 members (excludes halogenated alkanes) is 2. The molecule has 5 nitrogen and oxygen atoms in total. The highest BCUT2D eigenvalue weighted by Gasteiger charge is 2.27. The van der Waals surface area contributed by atoms with Crippen LogP contribution in [0.3, 0.4) is 0 Å². The molecule has 0 spiro atoms. The molecular formula is C22H34O5. The predicted octanol–water partition coefficient (Wildman–Crippen LogP) is 5.04. The van der Waals surface area contributed by atoms with Gasteiger partial charge in [-0.05, 0) is 83.4 Å². The third-order valence-corrected chi connectivity index (χ3v) is 5.38. The lowest BCUT2D eigenvalue weighted by atomic mass is 9.85. The van der Waals surface area contributed by atoms with Crippen LogP contribution in [0, 0.1) is 10.8 Å². The van der Waals surface area contributed by atoms with Crippen LogP contribution in [-0.2, 0) is 22.4 Å². The molecule has 0 saturated heterocycles. The Bertz CT molecular complexity index is 646. The van der Waals surface area contributed by atoms with E-state index >= 15 is 0 Å². The second kappa shape index (κ2) is 9.77. The molecule has 0 atom stereocenters. The lowest BCUT2D eigenvalue weighted by molar-refractivity contribution is -0.148. The number of phenolic OH excluding ortho intramolecular Hbond substituents is 1. The zero-order valence-corrected chi connectivity index (χ0v) is 17.0. The summed E-state index contributed by atoms with van der Waals surface area (Å²) >= 11 is 0.